The summed E-state index contributed by atoms with van der Waals surface area (Å²) in [7, 11) is 1.64. The first-order chi connectivity index (χ1) is 8.77. The standard InChI is InChI=1S/C14H23NO3/c1-12(7-9-16)11-15-8-10-18-14-6-4-3-5-13(14)17-2/h3-6,12,15-16H,7-11H2,1-2H3. The van der Waals surface area contributed by atoms with Crippen LogP contribution in [-0.2, 0) is 0 Å². The summed E-state index contributed by atoms with van der Waals surface area (Å²) < 4.78 is 10.8. The maximum atomic E-state index is 8.78. The van der Waals surface area contributed by atoms with Gasteiger partial charge in [0.2, 0.25) is 0 Å². The number of nitrogens with one attached hydrogen (secondary N) is 1. The number of para-hydroxylation sites is 2. The zero-order valence-corrected chi connectivity index (χ0v) is 11.2. The Balaban J connectivity index is 2.17. The predicted octanol–water partition coefficient (Wildman–Crippen LogP) is 1.68. The Morgan fingerprint density at radius 1 is 1.28 bits per heavy atom. The monoisotopic (exact) mass is 253 g/mol. The Bertz CT molecular complexity index is 331. The van der Waals surface area contributed by atoms with E-state index in [0.29, 0.717) is 12.5 Å². The van der Waals surface area contributed by atoms with Crippen LogP contribution in [0.1, 0.15) is 13.3 Å². The van der Waals surface area contributed by atoms with Crippen molar-refractivity contribution in [3.05, 3.63) is 24.3 Å². The van der Waals surface area contributed by atoms with E-state index in [9.17, 15) is 0 Å². The summed E-state index contributed by atoms with van der Waals surface area (Å²) >= 11 is 0. The van der Waals surface area contributed by atoms with Crippen molar-refractivity contribution < 1.29 is 14.6 Å². The van der Waals surface area contributed by atoms with E-state index >= 15 is 0 Å². The maximum Gasteiger partial charge on any atom is 0.161 e. The summed E-state index contributed by atoms with van der Waals surface area (Å²) in [4.78, 5) is 0. The maximum absolute atomic E-state index is 8.78. The van der Waals surface area contributed by atoms with Crippen LogP contribution in [0, 0.1) is 5.92 Å². The minimum absolute atomic E-state index is 0.251. The van der Waals surface area contributed by atoms with Gasteiger partial charge in [0.1, 0.15) is 6.61 Å². The van der Waals surface area contributed by atoms with E-state index in [1.807, 2.05) is 24.3 Å². The Morgan fingerprint density at radius 3 is 2.67 bits per heavy atom. The number of hydrogen-bond donors (Lipinski definition) is 2. The Kier molecular flexibility index (Phi) is 7.22. The third kappa shape index (κ3) is 5.38. The van der Waals surface area contributed by atoms with Gasteiger partial charge in [-0.25, -0.2) is 0 Å². The molecule has 0 radical (unpaired) electrons. The fraction of sp³-hybridized carbons (Fsp3) is 0.571. The molecule has 0 fully saturated rings. The topological polar surface area (TPSA) is 50.7 Å². The molecular weight excluding hydrogens is 230 g/mol. The van der Waals surface area contributed by atoms with E-state index < -0.39 is 0 Å². The largest absolute Gasteiger partial charge is 0.493 e. The van der Waals surface area contributed by atoms with Crippen LogP contribution in [0.3, 0.4) is 0 Å². The molecule has 102 valence electrons. The second-order valence-electron chi connectivity index (χ2n) is 4.32. The van der Waals surface area contributed by atoms with Crippen LogP contribution in [0.25, 0.3) is 0 Å². The number of hydrogen-bond acceptors (Lipinski definition) is 4. The highest BCUT2D eigenvalue weighted by Crippen LogP contribution is 2.25. The zero-order valence-electron chi connectivity index (χ0n) is 11.2. The van der Waals surface area contributed by atoms with Crippen LogP contribution >= 0.6 is 0 Å². The third-order valence-electron chi connectivity index (χ3n) is 2.72. The van der Waals surface area contributed by atoms with Crippen LogP contribution in [0.5, 0.6) is 11.5 Å². The second kappa shape index (κ2) is 8.78. The molecule has 4 heteroatoms. The second-order valence-corrected chi connectivity index (χ2v) is 4.32. The molecule has 0 heterocycles. The SMILES string of the molecule is COc1ccccc1OCCNCC(C)CCO. The highest BCUT2D eigenvalue weighted by molar-refractivity contribution is 5.39. The van der Waals surface area contributed by atoms with Crippen molar-refractivity contribution >= 4 is 0 Å². The molecule has 4 nitrogen and oxygen atoms in total. The molecular formula is C14H23NO3. The van der Waals surface area contributed by atoms with Gasteiger partial charge in [0.25, 0.3) is 0 Å². The molecule has 0 bridgehead atoms. The fourth-order valence-electron chi connectivity index (χ4n) is 1.64. The van der Waals surface area contributed by atoms with Gasteiger partial charge in [0.05, 0.1) is 7.11 Å². The molecule has 2 N–H and O–H groups in total. The number of methoxy groups -OCH3 is 1. The van der Waals surface area contributed by atoms with Crippen molar-refractivity contribution in [3.8, 4) is 11.5 Å². The van der Waals surface area contributed by atoms with Crippen LogP contribution in [0.2, 0.25) is 0 Å². The molecule has 0 aliphatic rings. The van der Waals surface area contributed by atoms with E-state index in [4.69, 9.17) is 14.6 Å². The van der Waals surface area contributed by atoms with Crippen molar-refractivity contribution in [2.24, 2.45) is 5.92 Å². The highest BCUT2D eigenvalue weighted by atomic mass is 16.5. The first-order valence-corrected chi connectivity index (χ1v) is 6.35. The lowest BCUT2D eigenvalue weighted by Crippen LogP contribution is -2.26. The van der Waals surface area contributed by atoms with Crippen molar-refractivity contribution in [1.82, 2.24) is 5.32 Å². The molecule has 0 aliphatic heterocycles. The lowest BCUT2D eigenvalue weighted by molar-refractivity contribution is 0.255. The van der Waals surface area contributed by atoms with Gasteiger partial charge in [-0.3, -0.25) is 0 Å². The minimum Gasteiger partial charge on any atom is -0.493 e. The summed E-state index contributed by atoms with van der Waals surface area (Å²) in [6, 6.07) is 7.62. The van der Waals surface area contributed by atoms with E-state index in [1.165, 1.54) is 0 Å². The summed E-state index contributed by atoms with van der Waals surface area (Å²) in [5.41, 5.74) is 0. The molecule has 1 unspecified atom stereocenters. The quantitative estimate of drug-likeness (QED) is 0.657. The first-order valence-electron chi connectivity index (χ1n) is 6.35. The molecule has 1 aromatic rings. The average Bonchev–Trinajstić information content (AvgIpc) is 2.39. The van der Waals surface area contributed by atoms with E-state index in [1.54, 1.807) is 7.11 Å². The molecule has 0 saturated carbocycles. The van der Waals surface area contributed by atoms with Gasteiger partial charge < -0.3 is 19.9 Å². The normalized spacial score (nSPS) is 12.2. The predicted molar refractivity (Wildman–Crippen MR) is 72.2 cm³/mol. The zero-order chi connectivity index (χ0) is 13.2. The van der Waals surface area contributed by atoms with Crippen molar-refractivity contribution in [3.63, 3.8) is 0 Å². The molecule has 0 amide bonds. The third-order valence-corrected chi connectivity index (χ3v) is 2.72. The molecule has 0 saturated heterocycles. The first kappa shape index (κ1) is 14.8. The number of rotatable bonds is 9. The Labute approximate surface area is 109 Å². The van der Waals surface area contributed by atoms with Gasteiger partial charge in [-0.2, -0.15) is 0 Å². The molecule has 1 aromatic carbocycles. The summed E-state index contributed by atoms with van der Waals surface area (Å²) in [5.74, 6) is 2.01. The van der Waals surface area contributed by atoms with Crippen molar-refractivity contribution in [2.75, 3.05) is 33.4 Å². The van der Waals surface area contributed by atoms with Crippen LogP contribution in [0.15, 0.2) is 24.3 Å². The van der Waals surface area contributed by atoms with E-state index in [0.717, 1.165) is 31.0 Å². The number of aliphatic hydroxyl groups is 1. The van der Waals surface area contributed by atoms with Crippen molar-refractivity contribution in [1.29, 1.82) is 0 Å². The number of aliphatic hydroxyl groups excluding tert-OH is 1. The number of benzene rings is 1. The van der Waals surface area contributed by atoms with Crippen LogP contribution in [-0.4, -0.2) is 38.5 Å². The molecule has 1 rings (SSSR count). The van der Waals surface area contributed by atoms with E-state index in [-0.39, 0.29) is 6.61 Å². The van der Waals surface area contributed by atoms with Gasteiger partial charge in [0.15, 0.2) is 11.5 Å². The number of ether oxygens (including phenoxy) is 2. The van der Waals surface area contributed by atoms with Gasteiger partial charge in [-0.15, -0.1) is 0 Å². The summed E-state index contributed by atoms with van der Waals surface area (Å²) in [5, 5.41) is 12.1. The summed E-state index contributed by atoms with van der Waals surface area (Å²) in [6.45, 7) is 4.65. The van der Waals surface area contributed by atoms with E-state index in [2.05, 4.69) is 12.2 Å². The van der Waals surface area contributed by atoms with Gasteiger partial charge in [-0.1, -0.05) is 19.1 Å². The Hall–Kier alpha value is -1.26. The van der Waals surface area contributed by atoms with Crippen LogP contribution < -0.4 is 14.8 Å². The molecule has 0 aliphatic carbocycles. The smallest absolute Gasteiger partial charge is 0.161 e. The van der Waals surface area contributed by atoms with Gasteiger partial charge in [0, 0.05) is 13.2 Å². The minimum atomic E-state index is 0.251. The summed E-state index contributed by atoms with van der Waals surface area (Å²) in [6.07, 6.45) is 0.834. The average molecular weight is 253 g/mol. The van der Waals surface area contributed by atoms with Crippen molar-refractivity contribution in [2.45, 2.75) is 13.3 Å². The Morgan fingerprint density at radius 2 is 2.00 bits per heavy atom. The molecule has 1 atom stereocenters. The molecule has 0 spiro atoms. The lowest BCUT2D eigenvalue weighted by Gasteiger charge is -2.13. The molecule has 18 heavy (non-hydrogen) atoms. The highest BCUT2D eigenvalue weighted by Gasteiger charge is 2.02. The lowest BCUT2D eigenvalue weighted by atomic mass is 10.1. The fourth-order valence-corrected chi connectivity index (χ4v) is 1.64. The molecule has 0 aromatic heterocycles. The van der Waals surface area contributed by atoms with Gasteiger partial charge >= 0.3 is 0 Å². The van der Waals surface area contributed by atoms with Gasteiger partial charge in [-0.05, 0) is 31.0 Å². The van der Waals surface area contributed by atoms with Crippen LogP contribution in [0.4, 0.5) is 0 Å².